The van der Waals surface area contributed by atoms with Crippen molar-refractivity contribution in [2.24, 2.45) is 0 Å². The van der Waals surface area contributed by atoms with E-state index in [1.165, 1.54) is 6.08 Å². The van der Waals surface area contributed by atoms with Crippen LogP contribution >= 0.6 is 23.2 Å². The zero-order valence-electron chi connectivity index (χ0n) is 9.97. The number of carbonyl (C=O) groups is 1. The molecule has 0 aliphatic heterocycles. The second-order valence-electron chi connectivity index (χ2n) is 3.90. The molecule has 0 saturated heterocycles. The molecule has 2 rings (SSSR count). The normalized spacial score (nSPS) is 11.1. The first-order valence-electron chi connectivity index (χ1n) is 5.39. The average molecular weight is 297 g/mol. The Kier molecular flexibility index (Phi) is 3.93. The standard InChI is InChI=1S/C13H10Cl2N2O2/c1-8-9(2-3-13(18)19)7-16-17(8)12-5-10(14)4-11(15)6-12/h2-7H,1H3,(H,18,19)/b3-2+. The van der Waals surface area contributed by atoms with Crippen LogP contribution in [-0.2, 0) is 4.79 Å². The van der Waals surface area contributed by atoms with Crippen molar-refractivity contribution in [3.05, 3.63) is 51.8 Å². The first kappa shape index (κ1) is 13.6. The fourth-order valence-electron chi connectivity index (χ4n) is 1.67. The second kappa shape index (κ2) is 5.47. The summed E-state index contributed by atoms with van der Waals surface area (Å²) >= 11 is 11.9. The maximum atomic E-state index is 10.5. The van der Waals surface area contributed by atoms with Gasteiger partial charge in [-0.05, 0) is 31.2 Å². The molecule has 1 aromatic carbocycles. The number of aliphatic carboxylic acids is 1. The van der Waals surface area contributed by atoms with Gasteiger partial charge in [0.05, 0.1) is 11.9 Å². The largest absolute Gasteiger partial charge is 0.478 e. The van der Waals surface area contributed by atoms with Crippen molar-refractivity contribution >= 4 is 35.2 Å². The Balaban J connectivity index is 2.44. The molecule has 0 unspecified atom stereocenters. The summed E-state index contributed by atoms with van der Waals surface area (Å²) < 4.78 is 1.65. The summed E-state index contributed by atoms with van der Waals surface area (Å²) in [4.78, 5) is 10.5. The summed E-state index contributed by atoms with van der Waals surface area (Å²) in [5, 5.41) is 13.8. The summed E-state index contributed by atoms with van der Waals surface area (Å²) in [6, 6.07) is 5.10. The lowest BCUT2D eigenvalue weighted by atomic mass is 10.2. The molecule has 0 fully saturated rings. The van der Waals surface area contributed by atoms with Gasteiger partial charge in [0.1, 0.15) is 0 Å². The highest BCUT2D eigenvalue weighted by atomic mass is 35.5. The van der Waals surface area contributed by atoms with E-state index in [9.17, 15) is 4.79 Å². The SMILES string of the molecule is Cc1c(/C=C/C(=O)O)cnn1-c1cc(Cl)cc(Cl)c1. The van der Waals surface area contributed by atoms with Crippen molar-refractivity contribution in [1.29, 1.82) is 0 Å². The van der Waals surface area contributed by atoms with Crippen LogP contribution in [0.3, 0.4) is 0 Å². The molecule has 0 spiro atoms. The number of carboxylic acids is 1. The van der Waals surface area contributed by atoms with E-state index in [0.29, 0.717) is 10.0 Å². The molecular weight excluding hydrogens is 287 g/mol. The lowest BCUT2D eigenvalue weighted by Crippen LogP contribution is -1.99. The maximum Gasteiger partial charge on any atom is 0.328 e. The number of halogens is 2. The number of rotatable bonds is 3. The van der Waals surface area contributed by atoms with Crippen molar-refractivity contribution in [3.8, 4) is 5.69 Å². The molecule has 6 heteroatoms. The number of hydrogen-bond acceptors (Lipinski definition) is 2. The third kappa shape index (κ3) is 3.16. The summed E-state index contributed by atoms with van der Waals surface area (Å²) in [7, 11) is 0. The highest BCUT2D eigenvalue weighted by Crippen LogP contribution is 2.23. The van der Waals surface area contributed by atoms with Gasteiger partial charge >= 0.3 is 5.97 Å². The van der Waals surface area contributed by atoms with Gasteiger partial charge in [-0.15, -0.1) is 0 Å². The molecule has 4 nitrogen and oxygen atoms in total. The Labute approximate surface area is 119 Å². The minimum atomic E-state index is -1.00. The maximum absolute atomic E-state index is 10.5. The lowest BCUT2D eigenvalue weighted by molar-refractivity contribution is -0.131. The highest BCUT2D eigenvalue weighted by molar-refractivity contribution is 6.34. The van der Waals surface area contributed by atoms with E-state index in [4.69, 9.17) is 28.3 Å². The van der Waals surface area contributed by atoms with Gasteiger partial charge in [-0.1, -0.05) is 23.2 Å². The second-order valence-corrected chi connectivity index (χ2v) is 4.77. The summed E-state index contributed by atoms with van der Waals surface area (Å²) in [6.45, 7) is 1.84. The van der Waals surface area contributed by atoms with Crippen LogP contribution in [0, 0.1) is 6.92 Å². The van der Waals surface area contributed by atoms with Gasteiger partial charge in [0, 0.05) is 27.4 Å². The van der Waals surface area contributed by atoms with Crippen molar-refractivity contribution in [2.75, 3.05) is 0 Å². The van der Waals surface area contributed by atoms with Crippen LogP contribution in [0.25, 0.3) is 11.8 Å². The van der Waals surface area contributed by atoms with Gasteiger partial charge in [-0.25, -0.2) is 9.48 Å². The minimum absolute atomic E-state index is 0.514. The van der Waals surface area contributed by atoms with E-state index in [0.717, 1.165) is 23.0 Å². The number of carboxylic acid groups (broad SMARTS) is 1. The molecule has 98 valence electrons. The molecule has 0 saturated carbocycles. The molecule has 0 atom stereocenters. The van der Waals surface area contributed by atoms with Crippen LogP contribution in [0.1, 0.15) is 11.3 Å². The average Bonchev–Trinajstić information content (AvgIpc) is 2.66. The van der Waals surface area contributed by atoms with Gasteiger partial charge in [0.25, 0.3) is 0 Å². The molecule has 0 radical (unpaired) electrons. The molecule has 1 aromatic heterocycles. The molecule has 0 bridgehead atoms. The molecule has 0 aliphatic rings. The highest BCUT2D eigenvalue weighted by Gasteiger charge is 2.08. The van der Waals surface area contributed by atoms with E-state index < -0.39 is 5.97 Å². The first-order chi connectivity index (χ1) is 8.97. The van der Waals surface area contributed by atoms with E-state index >= 15 is 0 Å². The summed E-state index contributed by atoms with van der Waals surface area (Å²) in [5.74, 6) is -1.00. The third-order valence-corrected chi connectivity index (χ3v) is 2.98. The van der Waals surface area contributed by atoms with Gasteiger partial charge in [0.2, 0.25) is 0 Å². The van der Waals surface area contributed by atoms with Crippen LogP contribution in [0.2, 0.25) is 10.0 Å². The van der Waals surface area contributed by atoms with Crippen molar-refractivity contribution in [1.82, 2.24) is 9.78 Å². The molecular formula is C13H10Cl2N2O2. The predicted molar refractivity (Wildman–Crippen MR) is 75.0 cm³/mol. The van der Waals surface area contributed by atoms with E-state index in [1.54, 1.807) is 29.1 Å². The van der Waals surface area contributed by atoms with Gasteiger partial charge < -0.3 is 5.11 Å². The summed E-state index contributed by atoms with van der Waals surface area (Å²) in [5.41, 5.74) is 2.25. The fourth-order valence-corrected chi connectivity index (χ4v) is 2.18. The fraction of sp³-hybridized carbons (Fsp3) is 0.0769. The molecule has 19 heavy (non-hydrogen) atoms. The van der Waals surface area contributed by atoms with Crippen LogP contribution in [0.5, 0.6) is 0 Å². The van der Waals surface area contributed by atoms with E-state index in [-0.39, 0.29) is 0 Å². The van der Waals surface area contributed by atoms with Crippen LogP contribution in [0.4, 0.5) is 0 Å². The third-order valence-electron chi connectivity index (χ3n) is 2.55. The van der Waals surface area contributed by atoms with Crippen LogP contribution < -0.4 is 0 Å². The topological polar surface area (TPSA) is 55.1 Å². The smallest absolute Gasteiger partial charge is 0.328 e. The number of aromatic nitrogens is 2. The Morgan fingerprint density at radius 2 is 1.95 bits per heavy atom. The predicted octanol–water partition coefficient (Wildman–Crippen LogP) is 3.59. The Morgan fingerprint density at radius 3 is 2.53 bits per heavy atom. The first-order valence-corrected chi connectivity index (χ1v) is 6.15. The monoisotopic (exact) mass is 296 g/mol. The zero-order chi connectivity index (χ0) is 14.0. The number of hydrogen-bond donors (Lipinski definition) is 1. The molecule has 2 aromatic rings. The van der Waals surface area contributed by atoms with Crippen molar-refractivity contribution in [3.63, 3.8) is 0 Å². The van der Waals surface area contributed by atoms with Crippen LogP contribution in [0.15, 0.2) is 30.5 Å². The van der Waals surface area contributed by atoms with Crippen LogP contribution in [-0.4, -0.2) is 20.9 Å². The Bertz CT molecular complexity index is 642. The van der Waals surface area contributed by atoms with E-state index in [1.807, 2.05) is 6.92 Å². The number of nitrogens with zero attached hydrogens (tertiary/aromatic N) is 2. The quantitative estimate of drug-likeness (QED) is 0.881. The van der Waals surface area contributed by atoms with Gasteiger partial charge in [0.15, 0.2) is 0 Å². The lowest BCUT2D eigenvalue weighted by Gasteiger charge is -2.06. The Hall–Kier alpha value is -1.78. The van der Waals surface area contributed by atoms with Crippen molar-refractivity contribution in [2.45, 2.75) is 6.92 Å². The minimum Gasteiger partial charge on any atom is -0.478 e. The zero-order valence-corrected chi connectivity index (χ0v) is 11.5. The van der Waals surface area contributed by atoms with E-state index in [2.05, 4.69) is 5.10 Å². The molecule has 0 amide bonds. The number of benzene rings is 1. The molecule has 1 heterocycles. The molecule has 0 aliphatic carbocycles. The Morgan fingerprint density at radius 1 is 1.32 bits per heavy atom. The van der Waals surface area contributed by atoms with Gasteiger partial charge in [-0.3, -0.25) is 0 Å². The molecule has 1 N–H and O–H groups in total. The van der Waals surface area contributed by atoms with Gasteiger partial charge in [-0.2, -0.15) is 5.10 Å². The summed E-state index contributed by atoms with van der Waals surface area (Å²) in [6.07, 6.45) is 4.15. The van der Waals surface area contributed by atoms with Crippen molar-refractivity contribution < 1.29 is 9.90 Å².